The first-order valence-electron chi connectivity index (χ1n) is 8.13. The molecule has 0 aliphatic heterocycles. The van der Waals surface area contributed by atoms with Crippen LogP contribution in [0, 0.1) is 10.1 Å². The summed E-state index contributed by atoms with van der Waals surface area (Å²) in [5.74, 6) is 0.483. The third-order valence-electron chi connectivity index (χ3n) is 3.33. The van der Waals surface area contributed by atoms with Gasteiger partial charge < -0.3 is 19.9 Å². The normalized spacial score (nSPS) is 12.3. The van der Waals surface area contributed by atoms with Gasteiger partial charge in [-0.2, -0.15) is 0 Å². The van der Waals surface area contributed by atoms with Gasteiger partial charge in [-0.15, -0.1) is 0 Å². The average molecular weight is 370 g/mol. The smallest absolute Gasteiger partial charge is 0.407 e. The maximum atomic E-state index is 11.5. The third kappa shape index (κ3) is 9.68. The first kappa shape index (κ1) is 20.9. The SMILES string of the molecule is C[Si](C)(C)CCOC(=O)NC[C@@H](O)CCOc1ccc([N+](=O)[O-])cc1. The van der Waals surface area contributed by atoms with Crippen molar-refractivity contribution in [2.75, 3.05) is 19.8 Å². The minimum atomic E-state index is -1.24. The van der Waals surface area contributed by atoms with E-state index >= 15 is 0 Å². The molecule has 0 bridgehead atoms. The van der Waals surface area contributed by atoms with Crippen molar-refractivity contribution in [2.45, 2.75) is 38.2 Å². The van der Waals surface area contributed by atoms with E-state index < -0.39 is 25.2 Å². The molecule has 0 spiro atoms. The van der Waals surface area contributed by atoms with E-state index in [0.29, 0.717) is 18.8 Å². The Morgan fingerprint density at radius 1 is 1.28 bits per heavy atom. The minimum Gasteiger partial charge on any atom is -0.493 e. The zero-order valence-corrected chi connectivity index (χ0v) is 15.9. The van der Waals surface area contributed by atoms with Gasteiger partial charge in [-0.05, 0) is 18.2 Å². The van der Waals surface area contributed by atoms with Gasteiger partial charge in [0, 0.05) is 33.2 Å². The van der Waals surface area contributed by atoms with Crippen LogP contribution in [0.15, 0.2) is 24.3 Å². The van der Waals surface area contributed by atoms with Crippen LogP contribution >= 0.6 is 0 Å². The van der Waals surface area contributed by atoms with Crippen molar-refractivity contribution in [3.8, 4) is 5.75 Å². The van der Waals surface area contributed by atoms with Gasteiger partial charge in [-0.25, -0.2) is 4.79 Å². The van der Waals surface area contributed by atoms with E-state index in [1.165, 1.54) is 24.3 Å². The van der Waals surface area contributed by atoms with Crippen molar-refractivity contribution in [3.63, 3.8) is 0 Å². The number of hydrogen-bond acceptors (Lipinski definition) is 6. The average Bonchev–Trinajstić information content (AvgIpc) is 2.52. The van der Waals surface area contributed by atoms with Gasteiger partial charge in [0.2, 0.25) is 0 Å². The number of nitro groups is 1. The summed E-state index contributed by atoms with van der Waals surface area (Å²) in [7, 11) is -1.24. The molecule has 1 aromatic rings. The van der Waals surface area contributed by atoms with Gasteiger partial charge in [0.1, 0.15) is 5.75 Å². The molecule has 0 aliphatic carbocycles. The largest absolute Gasteiger partial charge is 0.493 e. The zero-order valence-electron chi connectivity index (χ0n) is 14.9. The van der Waals surface area contributed by atoms with Crippen LogP contribution in [0.4, 0.5) is 10.5 Å². The van der Waals surface area contributed by atoms with E-state index in [1.54, 1.807) is 0 Å². The maximum Gasteiger partial charge on any atom is 0.407 e. The van der Waals surface area contributed by atoms with Gasteiger partial charge >= 0.3 is 6.09 Å². The first-order chi connectivity index (χ1) is 11.7. The van der Waals surface area contributed by atoms with Crippen molar-refractivity contribution in [3.05, 3.63) is 34.4 Å². The van der Waals surface area contributed by atoms with E-state index in [4.69, 9.17) is 9.47 Å². The van der Waals surface area contributed by atoms with Crippen LogP contribution in [-0.2, 0) is 4.74 Å². The van der Waals surface area contributed by atoms with Crippen LogP contribution in [0.3, 0.4) is 0 Å². The van der Waals surface area contributed by atoms with Crippen molar-refractivity contribution in [2.24, 2.45) is 0 Å². The van der Waals surface area contributed by atoms with Gasteiger partial charge in [0.15, 0.2) is 0 Å². The number of carbonyl (C=O) groups is 1. The summed E-state index contributed by atoms with van der Waals surface area (Å²) in [4.78, 5) is 21.6. The van der Waals surface area contributed by atoms with Gasteiger partial charge in [-0.1, -0.05) is 19.6 Å². The Labute approximate surface area is 148 Å². The van der Waals surface area contributed by atoms with E-state index in [0.717, 1.165) is 6.04 Å². The summed E-state index contributed by atoms with van der Waals surface area (Å²) < 4.78 is 10.5. The fourth-order valence-electron chi connectivity index (χ4n) is 1.78. The van der Waals surface area contributed by atoms with Crippen molar-refractivity contribution in [1.29, 1.82) is 0 Å². The number of non-ortho nitro benzene ring substituents is 1. The highest BCUT2D eigenvalue weighted by molar-refractivity contribution is 6.76. The lowest BCUT2D eigenvalue weighted by molar-refractivity contribution is -0.384. The number of nitro benzene ring substituents is 1. The highest BCUT2D eigenvalue weighted by Crippen LogP contribution is 2.17. The summed E-state index contributed by atoms with van der Waals surface area (Å²) in [6.07, 6.45) is -0.984. The number of rotatable bonds is 10. The fourth-order valence-corrected chi connectivity index (χ4v) is 2.50. The molecular weight excluding hydrogens is 344 g/mol. The number of nitrogens with zero attached hydrogens (tertiary/aromatic N) is 1. The molecule has 1 rings (SSSR count). The van der Waals surface area contributed by atoms with Crippen molar-refractivity contribution < 1.29 is 24.3 Å². The molecule has 0 radical (unpaired) electrons. The number of benzene rings is 1. The Morgan fingerprint density at radius 3 is 2.48 bits per heavy atom. The van der Waals surface area contributed by atoms with Crippen LogP contribution in [0.1, 0.15) is 6.42 Å². The number of aliphatic hydroxyl groups excluding tert-OH is 1. The summed E-state index contributed by atoms with van der Waals surface area (Å²) in [5, 5.41) is 22.9. The van der Waals surface area contributed by atoms with Crippen LogP contribution in [0.2, 0.25) is 25.7 Å². The lowest BCUT2D eigenvalue weighted by Gasteiger charge is -2.16. The number of alkyl carbamates (subject to hydrolysis) is 1. The second-order valence-electron chi connectivity index (χ2n) is 6.87. The molecule has 0 aliphatic rings. The van der Waals surface area contributed by atoms with E-state index in [2.05, 4.69) is 25.0 Å². The predicted molar refractivity (Wildman–Crippen MR) is 96.7 cm³/mol. The van der Waals surface area contributed by atoms with Crippen molar-refractivity contribution >= 4 is 19.9 Å². The monoisotopic (exact) mass is 370 g/mol. The summed E-state index contributed by atoms with van der Waals surface area (Å²) in [6.45, 7) is 7.29. The summed E-state index contributed by atoms with van der Waals surface area (Å²) in [5.41, 5.74) is -0.00998. The maximum absolute atomic E-state index is 11.5. The second-order valence-corrected chi connectivity index (χ2v) is 12.5. The molecule has 0 saturated heterocycles. The topological polar surface area (TPSA) is 111 Å². The fraction of sp³-hybridized carbons (Fsp3) is 0.562. The quantitative estimate of drug-likeness (QED) is 0.372. The number of aliphatic hydroxyl groups is 1. The molecule has 0 heterocycles. The Hall–Kier alpha value is -2.13. The lowest BCUT2D eigenvalue weighted by Crippen LogP contribution is -2.34. The summed E-state index contributed by atoms with van der Waals surface area (Å²) >= 11 is 0. The van der Waals surface area contributed by atoms with E-state index in [-0.39, 0.29) is 18.8 Å². The number of ether oxygens (including phenoxy) is 2. The molecule has 25 heavy (non-hydrogen) atoms. The van der Waals surface area contributed by atoms with E-state index in [9.17, 15) is 20.0 Å². The van der Waals surface area contributed by atoms with Gasteiger partial charge in [-0.3, -0.25) is 10.1 Å². The Morgan fingerprint density at radius 2 is 1.92 bits per heavy atom. The Kier molecular flexibility index (Phi) is 8.36. The molecular formula is C16H26N2O6Si. The molecule has 1 amide bonds. The van der Waals surface area contributed by atoms with Gasteiger partial charge in [0.05, 0.1) is 24.2 Å². The molecule has 1 atom stereocenters. The molecule has 0 fully saturated rings. The lowest BCUT2D eigenvalue weighted by atomic mass is 10.2. The van der Waals surface area contributed by atoms with Crippen LogP contribution in [0.5, 0.6) is 5.75 Å². The third-order valence-corrected chi connectivity index (χ3v) is 5.04. The molecule has 9 heteroatoms. The molecule has 8 nitrogen and oxygen atoms in total. The molecule has 0 aromatic heterocycles. The number of hydrogen-bond donors (Lipinski definition) is 2. The second kappa shape index (κ2) is 9.99. The minimum absolute atomic E-state index is 0.00998. The summed E-state index contributed by atoms with van der Waals surface area (Å²) in [6, 6.07) is 6.59. The number of amides is 1. The zero-order chi connectivity index (χ0) is 18.9. The van der Waals surface area contributed by atoms with E-state index in [1.807, 2.05) is 0 Å². The Bertz CT molecular complexity index is 559. The number of carbonyl (C=O) groups excluding carboxylic acids is 1. The molecule has 2 N–H and O–H groups in total. The molecule has 140 valence electrons. The number of nitrogens with one attached hydrogen (secondary N) is 1. The molecule has 1 aromatic carbocycles. The highest BCUT2D eigenvalue weighted by Gasteiger charge is 2.14. The van der Waals surface area contributed by atoms with Crippen LogP contribution in [-0.4, -0.2) is 50.1 Å². The van der Waals surface area contributed by atoms with Gasteiger partial charge in [0.25, 0.3) is 5.69 Å². The molecule has 0 saturated carbocycles. The van der Waals surface area contributed by atoms with Crippen LogP contribution in [0.25, 0.3) is 0 Å². The highest BCUT2D eigenvalue weighted by atomic mass is 28.3. The molecule has 0 unspecified atom stereocenters. The van der Waals surface area contributed by atoms with Crippen LogP contribution < -0.4 is 10.1 Å². The van der Waals surface area contributed by atoms with Crippen molar-refractivity contribution in [1.82, 2.24) is 5.32 Å². The standard InChI is InChI=1S/C16H26N2O6Si/c1-25(2,3)11-10-24-16(20)17-12-14(19)8-9-23-15-6-4-13(5-7-15)18(21)22/h4-7,14,19H,8-12H2,1-3H3,(H,17,20)/t14-/m0/s1. The first-order valence-corrected chi connectivity index (χ1v) is 11.8. The Balaban J connectivity index is 2.17. The predicted octanol–water partition coefficient (Wildman–Crippen LogP) is 2.79.